The van der Waals surface area contributed by atoms with Crippen LogP contribution >= 0.6 is 24.0 Å². The maximum absolute atomic E-state index is 6.02. The number of ether oxygens (including phenoxy) is 1. The molecule has 0 aromatic rings. The third-order valence-electron chi connectivity index (χ3n) is 5.28. The van der Waals surface area contributed by atoms with Crippen LogP contribution in [0.15, 0.2) is 0 Å². The van der Waals surface area contributed by atoms with Crippen LogP contribution in [-0.2, 0) is 4.74 Å². The molecule has 5 unspecified atom stereocenters. The van der Waals surface area contributed by atoms with E-state index in [0.717, 1.165) is 28.1 Å². The van der Waals surface area contributed by atoms with Crippen molar-refractivity contribution < 1.29 is 4.74 Å². The Hall–Kier alpha value is 0.240. The van der Waals surface area contributed by atoms with Gasteiger partial charge in [0.25, 0.3) is 0 Å². The Kier molecular flexibility index (Phi) is 3.67. The van der Waals surface area contributed by atoms with Crippen LogP contribution in [0.1, 0.15) is 44.9 Å². The SMILES string of the molecule is CSC(=S)OC1CCCC2C3CCCCC3C12. The van der Waals surface area contributed by atoms with Gasteiger partial charge in [-0.05, 0) is 68.3 Å². The molecule has 0 saturated heterocycles. The monoisotopic (exact) mass is 270 g/mol. The normalized spacial score (nSPS) is 44.2. The molecule has 0 N–H and O–H groups in total. The molecule has 0 heterocycles. The van der Waals surface area contributed by atoms with Gasteiger partial charge in [0.15, 0.2) is 0 Å². The minimum absolute atomic E-state index is 0.452. The largest absolute Gasteiger partial charge is 0.475 e. The number of fused-ring (bicyclic) bond motifs is 4. The summed E-state index contributed by atoms with van der Waals surface area (Å²) in [6, 6.07) is 0. The van der Waals surface area contributed by atoms with Gasteiger partial charge in [-0.3, -0.25) is 0 Å². The van der Waals surface area contributed by atoms with E-state index in [1.807, 2.05) is 6.26 Å². The van der Waals surface area contributed by atoms with Crippen molar-refractivity contribution in [3.8, 4) is 0 Å². The summed E-state index contributed by atoms with van der Waals surface area (Å²) >= 11 is 6.82. The minimum atomic E-state index is 0.452. The maximum atomic E-state index is 6.02. The quantitative estimate of drug-likeness (QED) is 0.659. The average molecular weight is 270 g/mol. The van der Waals surface area contributed by atoms with Gasteiger partial charge in [-0.25, -0.2) is 0 Å². The lowest BCUT2D eigenvalue weighted by Gasteiger charge is -2.59. The lowest BCUT2D eigenvalue weighted by Crippen LogP contribution is -2.56. The van der Waals surface area contributed by atoms with Gasteiger partial charge in [0.05, 0.1) is 0 Å². The summed E-state index contributed by atoms with van der Waals surface area (Å²) in [7, 11) is 0. The summed E-state index contributed by atoms with van der Waals surface area (Å²) in [5.74, 6) is 3.84. The van der Waals surface area contributed by atoms with Crippen molar-refractivity contribution in [3.05, 3.63) is 0 Å². The van der Waals surface area contributed by atoms with E-state index in [2.05, 4.69) is 0 Å². The molecule has 0 aromatic heterocycles. The highest BCUT2D eigenvalue weighted by Crippen LogP contribution is 2.59. The van der Waals surface area contributed by atoms with Gasteiger partial charge in [0, 0.05) is 5.92 Å². The van der Waals surface area contributed by atoms with Crippen LogP contribution in [-0.4, -0.2) is 16.7 Å². The molecule has 1 nitrogen and oxygen atoms in total. The molecule has 3 saturated carbocycles. The van der Waals surface area contributed by atoms with Crippen LogP contribution in [0.4, 0.5) is 0 Å². The first-order chi connectivity index (χ1) is 8.31. The number of rotatable bonds is 1. The summed E-state index contributed by atoms with van der Waals surface area (Å²) in [6.07, 6.45) is 12.4. The van der Waals surface area contributed by atoms with Gasteiger partial charge in [0.2, 0.25) is 4.38 Å². The highest BCUT2D eigenvalue weighted by molar-refractivity contribution is 8.22. The zero-order valence-corrected chi connectivity index (χ0v) is 12.2. The fourth-order valence-electron chi connectivity index (χ4n) is 4.67. The van der Waals surface area contributed by atoms with E-state index in [1.165, 1.54) is 44.9 Å². The summed E-state index contributed by atoms with van der Waals surface area (Å²) in [4.78, 5) is 0. The maximum Gasteiger partial charge on any atom is 0.219 e. The molecule has 0 spiro atoms. The molecule has 96 valence electrons. The van der Waals surface area contributed by atoms with Crippen molar-refractivity contribution in [2.45, 2.75) is 51.0 Å². The van der Waals surface area contributed by atoms with Crippen LogP contribution in [0.5, 0.6) is 0 Å². The predicted octanol–water partition coefficient (Wildman–Crippen LogP) is 4.26. The molecule has 3 aliphatic rings. The van der Waals surface area contributed by atoms with E-state index >= 15 is 0 Å². The average Bonchev–Trinajstić information content (AvgIpc) is 2.35. The zero-order valence-electron chi connectivity index (χ0n) is 10.6. The van der Waals surface area contributed by atoms with Crippen molar-refractivity contribution in [1.82, 2.24) is 0 Å². The molecular weight excluding hydrogens is 248 g/mol. The van der Waals surface area contributed by atoms with Crippen LogP contribution in [0.2, 0.25) is 0 Å². The Morgan fingerprint density at radius 3 is 2.35 bits per heavy atom. The first kappa shape index (κ1) is 12.3. The van der Waals surface area contributed by atoms with Crippen LogP contribution in [0, 0.1) is 23.7 Å². The second-order valence-corrected chi connectivity index (χ2v) is 7.30. The number of thiocarbonyl (C=S) groups is 1. The zero-order chi connectivity index (χ0) is 11.8. The Morgan fingerprint density at radius 1 is 1.00 bits per heavy atom. The Labute approximate surface area is 114 Å². The van der Waals surface area contributed by atoms with E-state index in [1.54, 1.807) is 11.8 Å². The molecule has 3 rings (SSSR count). The van der Waals surface area contributed by atoms with Gasteiger partial charge < -0.3 is 4.74 Å². The first-order valence-corrected chi connectivity index (χ1v) is 8.69. The van der Waals surface area contributed by atoms with Crippen molar-refractivity contribution in [3.63, 3.8) is 0 Å². The topological polar surface area (TPSA) is 9.23 Å². The second-order valence-electron chi connectivity index (χ2n) is 5.89. The summed E-state index contributed by atoms with van der Waals surface area (Å²) in [6.45, 7) is 0. The second kappa shape index (κ2) is 5.08. The van der Waals surface area contributed by atoms with Crippen molar-refractivity contribution in [1.29, 1.82) is 0 Å². The van der Waals surface area contributed by atoms with Gasteiger partial charge >= 0.3 is 0 Å². The van der Waals surface area contributed by atoms with Gasteiger partial charge in [-0.15, -0.1) is 0 Å². The van der Waals surface area contributed by atoms with Crippen LogP contribution in [0.3, 0.4) is 0 Å². The fraction of sp³-hybridized carbons (Fsp3) is 0.929. The molecule has 3 heteroatoms. The van der Waals surface area contributed by atoms with E-state index < -0.39 is 0 Å². The molecule has 0 aromatic carbocycles. The van der Waals surface area contributed by atoms with E-state index in [4.69, 9.17) is 17.0 Å². The van der Waals surface area contributed by atoms with Gasteiger partial charge in [-0.1, -0.05) is 24.6 Å². The number of hydrogen-bond acceptors (Lipinski definition) is 3. The molecule has 3 aliphatic carbocycles. The third kappa shape index (κ3) is 2.14. The molecule has 0 amide bonds. The number of hydrogen-bond donors (Lipinski definition) is 0. The van der Waals surface area contributed by atoms with Crippen LogP contribution in [0.25, 0.3) is 0 Å². The molecule has 0 aliphatic heterocycles. The van der Waals surface area contributed by atoms with E-state index in [-0.39, 0.29) is 0 Å². The summed E-state index contributed by atoms with van der Waals surface area (Å²) in [5.41, 5.74) is 0. The molecule has 3 fully saturated rings. The lowest BCUT2D eigenvalue weighted by atomic mass is 9.47. The van der Waals surface area contributed by atoms with E-state index in [9.17, 15) is 0 Å². The first-order valence-electron chi connectivity index (χ1n) is 7.06. The smallest absolute Gasteiger partial charge is 0.219 e. The predicted molar refractivity (Wildman–Crippen MR) is 77.3 cm³/mol. The minimum Gasteiger partial charge on any atom is -0.475 e. The van der Waals surface area contributed by atoms with Crippen molar-refractivity contribution in [2.24, 2.45) is 23.7 Å². The highest BCUT2D eigenvalue weighted by Gasteiger charge is 2.55. The van der Waals surface area contributed by atoms with Gasteiger partial charge in [0.1, 0.15) is 6.10 Å². The molecule has 0 radical (unpaired) electrons. The van der Waals surface area contributed by atoms with Gasteiger partial charge in [-0.2, -0.15) is 0 Å². The molecular formula is C14H22OS2. The number of thioether (sulfide) groups is 1. The molecule has 17 heavy (non-hydrogen) atoms. The standard InChI is InChI=1S/C14H22OS2/c1-17-14(16)15-12-8-4-7-11-9-5-2-3-6-10(9)13(11)12/h9-13H,2-8H2,1H3. The Balaban J connectivity index is 1.67. The highest BCUT2D eigenvalue weighted by atomic mass is 32.2. The molecule has 5 atom stereocenters. The fourth-order valence-corrected chi connectivity index (χ4v) is 5.01. The lowest BCUT2D eigenvalue weighted by molar-refractivity contribution is -0.134. The van der Waals surface area contributed by atoms with E-state index in [0.29, 0.717) is 6.10 Å². The Morgan fingerprint density at radius 2 is 1.65 bits per heavy atom. The van der Waals surface area contributed by atoms with Crippen LogP contribution < -0.4 is 0 Å². The molecule has 0 bridgehead atoms. The Bertz CT molecular complexity index is 295. The summed E-state index contributed by atoms with van der Waals surface area (Å²) in [5, 5.41) is 0. The van der Waals surface area contributed by atoms with Crippen molar-refractivity contribution >= 4 is 28.4 Å². The third-order valence-corrected chi connectivity index (χ3v) is 6.31. The van der Waals surface area contributed by atoms with Crippen molar-refractivity contribution in [2.75, 3.05) is 6.26 Å². The summed E-state index contributed by atoms with van der Waals surface area (Å²) < 4.78 is 6.78.